The Morgan fingerprint density at radius 2 is 1.75 bits per heavy atom. The minimum atomic E-state index is -1.90. The summed E-state index contributed by atoms with van der Waals surface area (Å²) in [5.74, 6) is -2.64. The number of aliphatic hydroxyl groups excluding tert-OH is 2. The van der Waals surface area contributed by atoms with E-state index in [0.717, 1.165) is 12.8 Å². The molecule has 0 aromatic rings. The summed E-state index contributed by atoms with van der Waals surface area (Å²) < 4.78 is 6.27. The van der Waals surface area contributed by atoms with Gasteiger partial charge in [-0.3, -0.25) is 0 Å². The van der Waals surface area contributed by atoms with E-state index in [-0.39, 0.29) is 29.8 Å². The Bertz CT molecular complexity index is 771. The molecule has 8 nitrogen and oxygen atoms in total. The fraction of sp³-hybridized carbons (Fsp3) is 0.917. The Balaban J connectivity index is 1.75. The van der Waals surface area contributed by atoms with Crippen LogP contribution < -0.4 is 0 Å². The molecule has 0 aromatic carbocycles. The summed E-state index contributed by atoms with van der Waals surface area (Å²) in [4.78, 5) is 22.6. The zero-order valence-corrected chi connectivity index (χ0v) is 19.6. The molecule has 2 heterocycles. The highest BCUT2D eigenvalue weighted by Crippen LogP contribution is 2.78. The van der Waals surface area contributed by atoms with Crippen molar-refractivity contribution in [2.45, 2.75) is 83.6 Å². The Hall–Kier alpha value is -0.580. The van der Waals surface area contributed by atoms with Gasteiger partial charge in [0.15, 0.2) is 6.10 Å². The van der Waals surface area contributed by atoms with Gasteiger partial charge in [-0.15, -0.1) is 0 Å². The number of fused-ring (bicyclic) bond motifs is 2. The molecule has 6 fully saturated rings. The van der Waals surface area contributed by atoms with Crippen LogP contribution in [-0.4, -0.2) is 65.3 Å². The zero-order valence-electron chi connectivity index (χ0n) is 19.6. The second kappa shape index (κ2) is 7.46. The van der Waals surface area contributed by atoms with Crippen LogP contribution in [0.3, 0.4) is 0 Å². The van der Waals surface area contributed by atoms with Crippen molar-refractivity contribution in [3.05, 3.63) is 12.2 Å². The van der Waals surface area contributed by atoms with Crippen LogP contribution in [0.2, 0.25) is 0 Å². The lowest BCUT2D eigenvalue weighted by atomic mass is 9.35. The number of rotatable bonds is 6. The molecule has 4 aliphatic carbocycles. The van der Waals surface area contributed by atoms with Crippen molar-refractivity contribution >= 4 is 0 Å². The van der Waals surface area contributed by atoms with Gasteiger partial charge < -0.3 is 20.1 Å². The van der Waals surface area contributed by atoms with Crippen molar-refractivity contribution in [1.29, 1.82) is 0 Å². The lowest BCUT2D eigenvalue weighted by Gasteiger charge is -2.75. The normalized spacial score (nSPS) is 53.2. The zero-order chi connectivity index (χ0) is 23.1. The molecule has 0 radical (unpaired) electrons. The highest BCUT2D eigenvalue weighted by molar-refractivity contribution is 5.38. The first-order valence-corrected chi connectivity index (χ1v) is 12.1. The quantitative estimate of drug-likeness (QED) is 0.318. The highest BCUT2D eigenvalue weighted by atomic mass is 17.2. The molecule has 2 saturated heterocycles. The van der Waals surface area contributed by atoms with Crippen molar-refractivity contribution < 1.29 is 39.6 Å². The van der Waals surface area contributed by atoms with E-state index in [1.807, 2.05) is 13.8 Å². The van der Waals surface area contributed by atoms with Gasteiger partial charge in [0.2, 0.25) is 5.79 Å². The fourth-order valence-corrected chi connectivity index (χ4v) is 8.62. The van der Waals surface area contributed by atoms with Crippen molar-refractivity contribution in [2.75, 3.05) is 19.8 Å². The van der Waals surface area contributed by atoms with Crippen LogP contribution in [0.15, 0.2) is 12.2 Å². The first-order chi connectivity index (χ1) is 15.1. The molecule has 6 rings (SSSR count). The predicted molar refractivity (Wildman–Crippen MR) is 113 cm³/mol. The van der Waals surface area contributed by atoms with E-state index in [0.29, 0.717) is 31.6 Å². The van der Waals surface area contributed by atoms with Gasteiger partial charge in [0.1, 0.15) is 6.10 Å². The third kappa shape index (κ3) is 2.45. The van der Waals surface area contributed by atoms with Crippen molar-refractivity contribution in [2.24, 2.45) is 34.0 Å². The fourth-order valence-electron chi connectivity index (χ4n) is 8.62. The number of hydrogen-bond acceptors (Lipinski definition) is 8. The first kappa shape index (κ1) is 23.2. The number of ether oxygens (including phenoxy) is 1. The molecule has 8 heteroatoms. The van der Waals surface area contributed by atoms with E-state index in [2.05, 4.69) is 20.4 Å². The van der Waals surface area contributed by atoms with E-state index in [9.17, 15) is 15.3 Å². The topological polar surface area (TPSA) is 107 Å². The molecule has 0 aromatic heterocycles. The standard InChI is InChI=1S/C24H38O8/c1-6-29-31-19-13(3)14-8-9-15-22-12-28-24(27,23(15,19)18(14)26)20(32-30-7-2)17(22)21(4,5)11-10-16(22)25/h14-20,25-27H,3,6-12H2,1-2,4-5H3/t14?,15?,16-,17?,18+,19+,20-,22+,23+,24-/m0/s1. The second-order valence-electron chi connectivity index (χ2n) is 11.1. The average molecular weight is 455 g/mol. The molecular formula is C24H38O8. The summed E-state index contributed by atoms with van der Waals surface area (Å²) in [5.41, 5.74) is -1.55. The van der Waals surface area contributed by atoms with Gasteiger partial charge in [-0.2, -0.15) is 0 Å². The minimum absolute atomic E-state index is 0.197. The molecule has 32 heavy (non-hydrogen) atoms. The van der Waals surface area contributed by atoms with Gasteiger partial charge in [0, 0.05) is 17.3 Å². The summed E-state index contributed by atoms with van der Waals surface area (Å²) in [6.45, 7) is 13.0. The van der Waals surface area contributed by atoms with Crippen LogP contribution in [0.4, 0.5) is 0 Å². The maximum Gasteiger partial charge on any atom is 0.207 e. The van der Waals surface area contributed by atoms with Gasteiger partial charge in [0.25, 0.3) is 0 Å². The van der Waals surface area contributed by atoms with E-state index in [4.69, 9.17) is 24.3 Å². The molecule has 6 aliphatic rings. The number of aliphatic hydroxyl groups is 3. The molecular weight excluding hydrogens is 416 g/mol. The van der Waals surface area contributed by atoms with Crippen molar-refractivity contribution in [3.63, 3.8) is 0 Å². The van der Waals surface area contributed by atoms with Gasteiger partial charge >= 0.3 is 0 Å². The van der Waals surface area contributed by atoms with Crippen LogP contribution in [0.1, 0.15) is 53.4 Å². The molecule has 4 saturated carbocycles. The van der Waals surface area contributed by atoms with Crippen LogP contribution in [-0.2, 0) is 24.3 Å². The lowest BCUT2D eigenvalue weighted by molar-refractivity contribution is -0.525. The Morgan fingerprint density at radius 1 is 1.06 bits per heavy atom. The average Bonchev–Trinajstić information content (AvgIpc) is 2.87. The third-order valence-electron chi connectivity index (χ3n) is 9.64. The van der Waals surface area contributed by atoms with Crippen molar-refractivity contribution in [1.82, 2.24) is 0 Å². The third-order valence-corrected chi connectivity index (χ3v) is 9.64. The maximum atomic E-state index is 12.4. The molecule has 4 bridgehead atoms. The summed E-state index contributed by atoms with van der Waals surface area (Å²) in [7, 11) is 0. The summed E-state index contributed by atoms with van der Waals surface area (Å²) in [5, 5.41) is 35.8. The van der Waals surface area contributed by atoms with Gasteiger partial charge in [-0.25, -0.2) is 19.6 Å². The van der Waals surface area contributed by atoms with Crippen LogP contribution in [0.25, 0.3) is 0 Å². The molecule has 2 aliphatic heterocycles. The maximum absolute atomic E-state index is 12.4. The van der Waals surface area contributed by atoms with Gasteiger partial charge in [-0.1, -0.05) is 20.4 Å². The lowest BCUT2D eigenvalue weighted by Crippen LogP contribution is -2.86. The van der Waals surface area contributed by atoms with E-state index >= 15 is 0 Å². The summed E-state index contributed by atoms with van der Waals surface area (Å²) in [6, 6.07) is 0. The molecule has 182 valence electrons. The Kier molecular flexibility index (Phi) is 5.40. The smallest absolute Gasteiger partial charge is 0.207 e. The molecule has 3 N–H and O–H groups in total. The summed E-state index contributed by atoms with van der Waals surface area (Å²) in [6.07, 6.45) is -0.475. The van der Waals surface area contributed by atoms with Crippen LogP contribution >= 0.6 is 0 Å². The van der Waals surface area contributed by atoms with Gasteiger partial charge in [0.05, 0.1) is 37.4 Å². The first-order valence-electron chi connectivity index (χ1n) is 12.1. The SMILES string of the molecule is C=C1C2CCC3[C@@]45CO[C@@](O)([C@@H](OOCC)C4C(C)(C)CC[C@@H]5O)[C@@]3([C@@H]1OOCC)[C@@H]2O. The second-order valence-corrected chi connectivity index (χ2v) is 11.1. The van der Waals surface area contributed by atoms with Gasteiger partial charge in [-0.05, 0) is 56.4 Å². The van der Waals surface area contributed by atoms with Crippen LogP contribution in [0.5, 0.6) is 0 Å². The Morgan fingerprint density at radius 3 is 2.44 bits per heavy atom. The highest BCUT2D eigenvalue weighted by Gasteiger charge is 2.87. The largest absolute Gasteiger partial charge is 0.392 e. The number of hydrogen-bond donors (Lipinski definition) is 3. The molecule has 0 amide bonds. The molecule has 10 atom stereocenters. The minimum Gasteiger partial charge on any atom is -0.392 e. The monoisotopic (exact) mass is 454 g/mol. The van der Waals surface area contributed by atoms with Crippen molar-refractivity contribution in [3.8, 4) is 0 Å². The summed E-state index contributed by atoms with van der Waals surface area (Å²) >= 11 is 0. The van der Waals surface area contributed by atoms with E-state index in [1.165, 1.54) is 0 Å². The Labute approximate surface area is 189 Å². The van der Waals surface area contributed by atoms with E-state index < -0.39 is 41.0 Å². The predicted octanol–water partition coefficient (Wildman–Crippen LogP) is 2.12. The van der Waals surface area contributed by atoms with Crippen LogP contribution in [0, 0.1) is 34.0 Å². The molecule has 3 unspecified atom stereocenters. The molecule has 2 spiro atoms. The van der Waals surface area contributed by atoms with E-state index in [1.54, 1.807) is 0 Å².